The number of anilines is 2. The summed E-state index contributed by atoms with van der Waals surface area (Å²) in [6.07, 6.45) is -0.0732. The van der Waals surface area contributed by atoms with Gasteiger partial charge >= 0.3 is 6.09 Å². The molecule has 0 bridgehead atoms. The number of carbonyl (C=O) groups is 2. The quantitative estimate of drug-likeness (QED) is 0.540. The van der Waals surface area contributed by atoms with Gasteiger partial charge in [-0.2, -0.15) is 4.98 Å². The van der Waals surface area contributed by atoms with Crippen molar-refractivity contribution < 1.29 is 37.8 Å². The zero-order valence-electron chi connectivity index (χ0n) is 17.3. The van der Waals surface area contributed by atoms with Crippen LogP contribution in [0.2, 0.25) is 0 Å². The van der Waals surface area contributed by atoms with Crippen molar-refractivity contribution in [2.75, 3.05) is 43.0 Å². The fourth-order valence-corrected chi connectivity index (χ4v) is 3.70. The van der Waals surface area contributed by atoms with Gasteiger partial charge in [0, 0.05) is 18.7 Å². The molecule has 3 N–H and O–H groups in total. The van der Waals surface area contributed by atoms with Gasteiger partial charge in [0.1, 0.15) is 17.7 Å². The van der Waals surface area contributed by atoms with E-state index >= 15 is 0 Å². The smallest absolute Gasteiger partial charge is 0.414 e. The van der Waals surface area contributed by atoms with Crippen molar-refractivity contribution in [3.05, 3.63) is 41.8 Å². The highest BCUT2D eigenvalue weighted by molar-refractivity contribution is 5.90. The Balaban J connectivity index is 1.45. The number of aliphatic hydroxyl groups is 2. The highest BCUT2D eigenvalue weighted by Gasteiger charge is 2.34. The van der Waals surface area contributed by atoms with Crippen LogP contribution in [0.3, 0.4) is 0 Å². The topological polar surface area (TPSA) is 141 Å². The van der Waals surface area contributed by atoms with Gasteiger partial charge in [0.25, 0.3) is 11.9 Å². The Morgan fingerprint density at radius 3 is 2.70 bits per heavy atom. The molecule has 2 aliphatic heterocycles. The number of rotatable bonds is 7. The van der Waals surface area contributed by atoms with Gasteiger partial charge in [-0.3, -0.25) is 9.69 Å². The molecule has 0 radical (unpaired) electrons. The Labute approximate surface area is 186 Å². The van der Waals surface area contributed by atoms with Crippen LogP contribution in [0.25, 0.3) is 5.57 Å². The van der Waals surface area contributed by atoms with Crippen LogP contribution in [0.1, 0.15) is 12.0 Å². The molecular weight excluding hydrogens is 444 g/mol. The first-order valence-corrected chi connectivity index (χ1v) is 10.1. The third-order valence-electron chi connectivity index (χ3n) is 5.36. The van der Waals surface area contributed by atoms with Gasteiger partial charge in [0.15, 0.2) is 6.10 Å². The summed E-state index contributed by atoms with van der Waals surface area (Å²) in [5.74, 6) is -2.14. The minimum Gasteiger partial charge on any atom is -0.442 e. The first-order valence-electron chi connectivity index (χ1n) is 10.1. The fraction of sp³-hybridized carbons (Fsp3) is 0.400. The van der Waals surface area contributed by atoms with E-state index in [2.05, 4.69) is 20.0 Å². The van der Waals surface area contributed by atoms with Crippen LogP contribution in [0, 0.1) is 11.6 Å². The number of cyclic esters (lactones) is 1. The van der Waals surface area contributed by atoms with Gasteiger partial charge in [-0.15, -0.1) is 0 Å². The fourth-order valence-electron chi connectivity index (χ4n) is 3.70. The van der Waals surface area contributed by atoms with Gasteiger partial charge in [-0.1, -0.05) is 6.08 Å². The van der Waals surface area contributed by atoms with E-state index in [0.29, 0.717) is 5.57 Å². The molecule has 11 nitrogen and oxygen atoms in total. The molecule has 0 aliphatic carbocycles. The van der Waals surface area contributed by atoms with Crippen LogP contribution in [0.5, 0.6) is 0 Å². The van der Waals surface area contributed by atoms with Crippen molar-refractivity contribution in [3.63, 3.8) is 0 Å². The van der Waals surface area contributed by atoms with Gasteiger partial charge in [-0.05, 0) is 29.3 Å². The summed E-state index contributed by atoms with van der Waals surface area (Å²) in [6, 6.07) is 2.12. The third-order valence-corrected chi connectivity index (χ3v) is 5.36. The number of ether oxygens (including phenoxy) is 1. The van der Waals surface area contributed by atoms with Gasteiger partial charge in [0.05, 0.1) is 25.4 Å². The van der Waals surface area contributed by atoms with Crippen LogP contribution in [-0.4, -0.2) is 82.2 Å². The van der Waals surface area contributed by atoms with Gasteiger partial charge in [-0.25, -0.2) is 13.6 Å². The van der Waals surface area contributed by atoms with Crippen molar-refractivity contribution in [2.24, 2.45) is 0 Å². The van der Waals surface area contributed by atoms with E-state index in [1.165, 1.54) is 11.0 Å². The number of nitrogens with one attached hydrogen (secondary N) is 1. The molecule has 1 saturated heterocycles. The normalized spacial score (nSPS) is 19.3. The van der Waals surface area contributed by atoms with Crippen molar-refractivity contribution >= 4 is 29.2 Å². The molecule has 13 heteroatoms. The summed E-state index contributed by atoms with van der Waals surface area (Å²) in [5, 5.41) is 24.8. The number of aromatic nitrogens is 2. The Bertz CT molecular complexity index is 1040. The van der Waals surface area contributed by atoms with Crippen LogP contribution < -0.4 is 10.2 Å². The largest absolute Gasteiger partial charge is 0.442 e. The molecule has 2 aliphatic rings. The van der Waals surface area contributed by atoms with E-state index in [0.717, 1.165) is 23.4 Å². The number of amides is 2. The zero-order valence-corrected chi connectivity index (χ0v) is 17.3. The second-order valence-corrected chi connectivity index (χ2v) is 7.50. The number of hydrogen-bond donors (Lipinski definition) is 3. The number of benzene rings is 1. The molecule has 33 heavy (non-hydrogen) atoms. The number of nitrogens with zero attached hydrogens (tertiary/aromatic N) is 4. The molecule has 1 aromatic carbocycles. The summed E-state index contributed by atoms with van der Waals surface area (Å²) in [6.45, 7) is -0.286. The minimum absolute atomic E-state index is 0.0140. The lowest BCUT2D eigenvalue weighted by Crippen LogP contribution is -2.42. The molecule has 176 valence electrons. The van der Waals surface area contributed by atoms with Gasteiger partial charge in [0.2, 0.25) is 6.39 Å². The average molecular weight is 465 g/mol. The lowest BCUT2D eigenvalue weighted by atomic mass is 9.97. The molecule has 0 saturated carbocycles. The van der Waals surface area contributed by atoms with E-state index in [4.69, 9.17) is 9.84 Å². The van der Waals surface area contributed by atoms with Crippen molar-refractivity contribution in [1.82, 2.24) is 15.0 Å². The highest BCUT2D eigenvalue weighted by atomic mass is 19.1. The monoisotopic (exact) mass is 465 g/mol. The summed E-state index contributed by atoms with van der Waals surface area (Å²) < 4.78 is 39.6. The van der Waals surface area contributed by atoms with E-state index in [1.807, 2.05) is 0 Å². The average Bonchev–Trinajstić information content (AvgIpc) is 3.46. The second kappa shape index (κ2) is 9.50. The minimum atomic E-state index is -1.53. The van der Waals surface area contributed by atoms with Crippen molar-refractivity contribution in [1.29, 1.82) is 0 Å². The molecule has 0 unspecified atom stereocenters. The highest BCUT2D eigenvalue weighted by Crippen LogP contribution is 2.32. The predicted octanol–water partition coefficient (Wildman–Crippen LogP) is 0.754. The lowest BCUT2D eigenvalue weighted by Gasteiger charge is -2.28. The number of hydrogen-bond acceptors (Lipinski definition) is 9. The van der Waals surface area contributed by atoms with Crippen LogP contribution >= 0.6 is 0 Å². The molecular formula is C20H21F2N5O6. The number of aliphatic hydroxyl groups excluding tert-OH is 2. The van der Waals surface area contributed by atoms with Gasteiger partial charge < -0.3 is 29.7 Å². The SMILES string of the molecule is O=C([C@@H](O)CO)N1CC=C(c2c(F)cc(N3C[C@H](CNc4ncon4)OC3=O)cc2F)CC1. The van der Waals surface area contributed by atoms with Crippen molar-refractivity contribution in [2.45, 2.75) is 18.6 Å². The van der Waals surface area contributed by atoms with Crippen LogP contribution in [0.15, 0.2) is 29.1 Å². The molecule has 3 heterocycles. The summed E-state index contributed by atoms with van der Waals surface area (Å²) in [5.41, 5.74) is 0.141. The molecule has 2 aromatic rings. The third kappa shape index (κ3) is 4.78. The Hall–Kier alpha value is -3.58. The Morgan fingerprint density at radius 1 is 1.33 bits per heavy atom. The maximum Gasteiger partial charge on any atom is 0.414 e. The number of carbonyl (C=O) groups excluding carboxylic acids is 2. The molecule has 2 amide bonds. The zero-order chi connectivity index (χ0) is 23.5. The van der Waals surface area contributed by atoms with E-state index in [1.54, 1.807) is 0 Å². The first kappa shape index (κ1) is 22.6. The van der Waals surface area contributed by atoms with Crippen LogP contribution in [0.4, 0.5) is 25.2 Å². The summed E-state index contributed by atoms with van der Waals surface area (Å²) in [7, 11) is 0. The Kier molecular flexibility index (Phi) is 6.51. The lowest BCUT2D eigenvalue weighted by molar-refractivity contribution is -0.141. The van der Waals surface area contributed by atoms with E-state index in [-0.39, 0.29) is 49.8 Å². The second-order valence-electron chi connectivity index (χ2n) is 7.50. The maximum absolute atomic E-state index is 14.9. The van der Waals surface area contributed by atoms with Crippen LogP contribution in [-0.2, 0) is 9.53 Å². The number of halogens is 2. The first-order chi connectivity index (χ1) is 15.9. The summed E-state index contributed by atoms with van der Waals surface area (Å²) in [4.78, 5) is 30.4. The molecule has 4 rings (SSSR count). The molecule has 2 atom stereocenters. The van der Waals surface area contributed by atoms with E-state index in [9.17, 15) is 23.5 Å². The predicted molar refractivity (Wildman–Crippen MR) is 109 cm³/mol. The van der Waals surface area contributed by atoms with E-state index < -0.39 is 42.4 Å². The van der Waals surface area contributed by atoms with Crippen molar-refractivity contribution in [3.8, 4) is 0 Å². The summed E-state index contributed by atoms with van der Waals surface area (Å²) >= 11 is 0. The molecule has 1 fully saturated rings. The standard InChI is InChI=1S/C20H21F2N5O6/c21-14-5-12(27-8-13(33-20(27)31)7-23-19-24-10-32-25-19)6-15(22)17(14)11-1-3-26(4-2-11)18(30)16(29)9-28/h1,5-6,10,13,16,28-29H,2-4,7-9H2,(H,23,25)/t13-,16-/m0/s1. The molecule has 0 spiro atoms. The maximum atomic E-state index is 14.9. The Morgan fingerprint density at radius 2 is 2.09 bits per heavy atom. The molecule has 1 aromatic heterocycles.